The van der Waals surface area contributed by atoms with Gasteiger partial charge in [-0.05, 0) is 19.3 Å². The number of hydrogen-bond acceptors (Lipinski definition) is 4. The van der Waals surface area contributed by atoms with Crippen LogP contribution in [-0.4, -0.2) is 16.1 Å². The molecule has 76 valence electrons. The Balaban J connectivity index is 2.28. The summed E-state index contributed by atoms with van der Waals surface area (Å²) >= 11 is 0. The summed E-state index contributed by atoms with van der Waals surface area (Å²) in [6.45, 7) is 0. The van der Waals surface area contributed by atoms with Crippen LogP contribution >= 0.6 is 0 Å². The molecule has 0 bridgehead atoms. The number of oxazole rings is 1. The van der Waals surface area contributed by atoms with Crippen molar-refractivity contribution in [2.75, 3.05) is 0 Å². The van der Waals surface area contributed by atoms with Crippen molar-refractivity contribution in [1.29, 1.82) is 0 Å². The molecule has 0 amide bonds. The molecule has 0 aliphatic heterocycles. The fourth-order valence-electron chi connectivity index (χ4n) is 1.61. The average molecular weight is 196 g/mol. The van der Waals surface area contributed by atoms with Crippen LogP contribution in [0.25, 0.3) is 0 Å². The van der Waals surface area contributed by atoms with E-state index >= 15 is 0 Å². The fraction of sp³-hybridized carbons (Fsp3) is 0.556. The topological polar surface area (TPSA) is 89.4 Å². The fourth-order valence-corrected chi connectivity index (χ4v) is 1.61. The van der Waals surface area contributed by atoms with Crippen LogP contribution in [0, 0.1) is 0 Å². The van der Waals surface area contributed by atoms with Gasteiger partial charge in [0.15, 0.2) is 6.04 Å². The van der Waals surface area contributed by atoms with Gasteiger partial charge in [-0.2, -0.15) is 0 Å². The first-order valence-electron chi connectivity index (χ1n) is 4.65. The van der Waals surface area contributed by atoms with E-state index in [4.69, 9.17) is 15.3 Å². The van der Waals surface area contributed by atoms with Gasteiger partial charge in [-0.1, -0.05) is 0 Å². The van der Waals surface area contributed by atoms with Gasteiger partial charge in [0.05, 0.1) is 5.69 Å². The first-order valence-corrected chi connectivity index (χ1v) is 4.65. The van der Waals surface area contributed by atoms with E-state index in [1.165, 1.54) is 0 Å². The van der Waals surface area contributed by atoms with Gasteiger partial charge >= 0.3 is 5.97 Å². The molecule has 5 nitrogen and oxygen atoms in total. The normalized spacial score (nSPS) is 17.5. The second kappa shape index (κ2) is 3.42. The monoisotopic (exact) mass is 196 g/mol. The van der Waals surface area contributed by atoms with Gasteiger partial charge in [-0.25, -0.2) is 9.78 Å². The molecule has 2 rings (SSSR count). The first kappa shape index (κ1) is 9.21. The lowest BCUT2D eigenvalue weighted by Gasteiger charge is -2.05. The van der Waals surface area contributed by atoms with E-state index in [9.17, 15) is 4.79 Å². The van der Waals surface area contributed by atoms with Crippen molar-refractivity contribution in [3.63, 3.8) is 0 Å². The minimum Gasteiger partial charge on any atom is -0.480 e. The van der Waals surface area contributed by atoms with E-state index in [-0.39, 0.29) is 5.89 Å². The summed E-state index contributed by atoms with van der Waals surface area (Å²) in [5.41, 5.74) is 6.27. The summed E-state index contributed by atoms with van der Waals surface area (Å²) in [6.07, 6.45) is 3.87. The Morgan fingerprint density at radius 3 is 2.86 bits per heavy atom. The van der Waals surface area contributed by atoms with Crippen LogP contribution in [0.3, 0.4) is 0 Å². The van der Waals surface area contributed by atoms with Crippen LogP contribution in [0.5, 0.6) is 0 Å². The van der Waals surface area contributed by atoms with E-state index in [2.05, 4.69) is 4.98 Å². The largest absolute Gasteiger partial charge is 0.480 e. The third-order valence-electron chi connectivity index (χ3n) is 2.39. The molecule has 1 heterocycles. The van der Waals surface area contributed by atoms with E-state index in [0.717, 1.165) is 37.1 Å². The lowest BCUT2D eigenvalue weighted by atomic mass is 10.0. The number of aromatic nitrogens is 1. The molecular formula is C9H12N2O3. The van der Waals surface area contributed by atoms with E-state index in [1.54, 1.807) is 0 Å². The molecule has 1 unspecified atom stereocenters. The van der Waals surface area contributed by atoms with Gasteiger partial charge in [-0.15, -0.1) is 0 Å². The van der Waals surface area contributed by atoms with Gasteiger partial charge < -0.3 is 15.3 Å². The molecular weight excluding hydrogens is 184 g/mol. The molecule has 1 aliphatic rings. The Morgan fingerprint density at radius 2 is 2.21 bits per heavy atom. The zero-order chi connectivity index (χ0) is 10.1. The van der Waals surface area contributed by atoms with Crippen molar-refractivity contribution >= 4 is 5.97 Å². The second-order valence-electron chi connectivity index (χ2n) is 3.44. The van der Waals surface area contributed by atoms with Crippen molar-refractivity contribution in [2.24, 2.45) is 5.73 Å². The highest BCUT2D eigenvalue weighted by Crippen LogP contribution is 2.23. The van der Waals surface area contributed by atoms with Crippen molar-refractivity contribution < 1.29 is 14.3 Å². The molecule has 0 fully saturated rings. The van der Waals surface area contributed by atoms with Crippen LogP contribution in [0.15, 0.2) is 4.42 Å². The van der Waals surface area contributed by atoms with Crippen LogP contribution in [0.1, 0.15) is 36.2 Å². The van der Waals surface area contributed by atoms with E-state index in [0.29, 0.717) is 0 Å². The number of nitrogens with two attached hydrogens (primary N) is 1. The summed E-state index contributed by atoms with van der Waals surface area (Å²) in [6, 6.07) is -1.14. The molecule has 0 spiro atoms. The lowest BCUT2D eigenvalue weighted by Crippen LogP contribution is -2.20. The summed E-state index contributed by atoms with van der Waals surface area (Å²) in [5, 5.41) is 8.67. The summed E-state index contributed by atoms with van der Waals surface area (Å²) in [4.78, 5) is 14.7. The number of aliphatic carboxylic acids is 1. The molecule has 3 N–H and O–H groups in total. The van der Waals surface area contributed by atoms with Crippen LogP contribution in [0.4, 0.5) is 0 Å². The van der Waals surface area contributed by atoms with Gasteiger partial charge in [0.25, 0.3) is 0 Å². The van der Waals surface area contributed by atoms with E-state index < -0.39 is 12.0 Å². The molecule has 0 saturated carbocycles. The summed E-state index contributed by atoms with van der Waals surface area (Å²) < 4.78 is 5.31. The first-order chi connectivity index (χ1) is 6.68. The predicted octanol–water partition coefficient (Wildman–Crippen LogP) is 0.638. The van der Waals surface area contributed by atoms with Gasteiger partial charge in [0.1, 0.15) is 5.76 Å². The lowest BCUT2D eigenvalue weighted by molar-refractivity contribution is -0.139. The number of hydrogen-bond donors (Lipinski definition) is 2. The number of nitrogens with zero attached hydrogens (tertiary/aromatic N) is 1. The van der Waals surface area contributed by atoms with Crippen molar-refractivity contribution in [1.82, 2.24) is 4.98 Å². The van der Waals surface area contributed by atoms with Gasteiger partial charge in [-0.3, -0.25) is 0 Å². The molecule has 1 aromatic rings. The van der Waals surface area contributed by atoms with Crippen LogP contribution in [-0.2, 0) is 17.6 Å². The predicted molar refractivity (Wildman–Crippen MR) is 47.7 cm³/mol. The minimum atomic E-state index is -1.14. The Labute approximate surface area is 80.9 Å². The maximum Gasteiger partial charge on any atom is 0.330 e. The number of fused-ring (bicyclic) bond motifs is 1. The van der Waals surface area contributed by atoms with Crippen molar-refractivity contribution in [3.05, 3.63) is 17.3 Å². The molecule has 1 aliphatic carbocycles. The standard InChI is InChI=1S/C9H12N2O3/c10-7(9(12)13)8-11-5-3-1-2-4-6(5)14-8/h7H,1-4,10H2,(H,12,13). The number of carboxylic acid groups (broad SMARTS) is 1. The highest BCUT2D eigenvalue weighted by atomic mass is 16.4. The Hall–Kier alpha value is -1.36. The number of carboxylic acids is 1. The summed E-state index contributed by atoms with van der Waals surface area (Å²) in [7, 11) is 0. The maximum atomic E-state index is 10.6. The minimum absolute atomic E-state index is 0.129. The second-order valence-corrected chi connectivity index (χ2v) is 3.44. The van der Waals surface area contributed by atoms with Crippen molar-refractivity contribution in [3.8, 4) is 0 Å². The highest BCUT2D eigenvalue weighted by Gasteiger charge is 2.24. The molecule has 0 saturated heterocycles. The zero-order valence-electron chi connectivity index (χ0n) is 7.69. The van der Waals surface area contributed by atoms with Crippen molar-refractivity contribution in [2.45, 2.75) is 31.7 Å². The van der Waals surface area contributed by atoms with E-state index in [1.807, 2.05) is 0 Å². The van der Waals surface area contributed by atoms with Crippen LogP contribution < -0.4 is 5.73 Å². The van der Waals surface area contributed by atoms with Crippen LogP contribution in [0.2, 0.25) is 0 Å². The smallest absolute Gasteiger partial charge is 0.330 e. The average Bonchev–Trinajstić information content (AvgIpc) is 2.59. The quantitative estimate of drug-likeness (QED) is 0.724. The molecule has 1 atom stereocenters. The highest BCUT2D eigenvalue weighted by molar-refractivity contribution is 5.73. The third-order valence-corrected chi connectivity index (χ3v) is 2.39. The summed E-state index contributed by atoms with van der Waals surface area (Å²) in [5.74, 6) is -0.170. The molecule has 0 aromatic carbocycles. The van der Waals surface area contributed by atoms with Gasteiger partial charge in [0, 0.05) is 6.42 Å². The Bertz CT molecular complexity index is 335. The Kier molecular flexibility index (Phi) is 2.25. The number of carbonyl (C=O) groups is 1. The number of rotatable bonds is 2. The third kappa shape index (κ3) is 1.50. The zero-order valence-corrected chi connectivity index (χ0v) is 7.69. The maximum absolute atomic E-state index is 10.6. The molecule has 5 heteroatoms. The molecule has 1 aromatic heterocycles. The molecule has 0 radical (unpaired) electrons. The molecule has 14 heavy (non-hydrogen) atoms. The SMILES string of the molecule is NC(C(=O)O)c1nc2c(o1)CCCC2. The number of aryl methyl sites for hydroxylation is 2. The Morgan fingerprint density at radius 1 is 1.50 bits per heavy atom. The van der Waals surface area contributed by atoms with Gasteiger partial charge in [0.2, 0.25) is 5.89 Å².